The summed E-state index contributed by atoms with van der Waals surface area (Å²) >= 11 is 0. The minimum absolute atomic E-state index is 0.0503. The third-order valence-corrected chi connectivity index (χ3v) is 4.07. The molecule has 0 aliphatic carbocycles. The first kappa shape index (κ1) is 19.5. The number of amides is 2. The Balaban J connectivity index is 2.08. The SMILES string of the molecule is CCOc1ccc(C(=O)NC(C(=O)Nc2ccccc2C)C(C)C)cc1. The first-order valence-electron chi connectivity index (χ1n) is 8.82. The van der Waals surface area contributed by atoms with Gasteiger partial charge in [0.2, 0.25) is 5.91 Å². The summed E-state index contributed by atoms with van der Waals surface area (Å²) in [7, 11) is 0. The topological polar surface area (TPSA) is 67.4 Å². The smallest absolute Gasteiger partial charge is 0.251 e. The van der Waals surface area contributed by atoms with Crippen molar-refractivity contribution in [2.75, 3.05) is 11.9 Å². The quantitative estimate of drug-likeness (QED) is 0.795. The molecule has 2 aromatic rings. The number of aryl methyl sites for hydroxylation is 1. The molecule has 0 fully saturated rings. The number of hydrogen-bond acceptors (Lipinski definition) is 3. The molecule has 0 radical (unpaired) electrons. The molecule has 0 aromatic heterocycles. The molecular formula is C21H26N2O3. The van der Waals surface area contributed by atoms with Crippen LogP contribution in [0.15, 0.2) is 48.5 Å². The summed E-state index contributed by atoms with van der Waals surface area (Å²) in [6, 6.07) is 13.8. The van der Waals surface area contributed by atoms with Crippen molar-refractivity contribution in [2.24, 2.45) is 5.92 Å². The van der Waals surface area contributed by atoms with Crippen LogP contribution in [0.4, 0.5) is 5.69 Å². The van der Waals surface area contributed by atoms with Crippen molar-refractivity contribution in [1.29, 1.82) is 0 Å². The molecular weight excluding hydrogens is 328 g/mol. The summed E-state index contributed by atoms with van der Waals surface area (Å²) in [4.78, 5) is 25.2. The number of ether oxygens (including phenoxy) is 1. The molecule has 2 N–H and O–H groups in total. The zero-order valence-electron chi connectivity index (χ0n) is 15.7. The van der Waals surface area contributed by atoms with E-state index in [-0.39, 0.29) is 17.7 Å². The van der Waals surface area contributed by atoms with E-state index in [1.54, 1.807) is 24.3 Å². The van der Waals surface area contributed by atoms with E-state index in [4.69, 9.17) is 4.74 Å². The predicted octanol–water partition coefficient (Wildman–Crippen LogP) is 3.79. The van der Waals surface area contributed by atoms with Crippen molar-refractivity contribution in [2.45, 2.75) is 33.7 Å². The van der Waals surface area contributed by atoms with Crippen LogP contribution < -0.4 is 15.4 Å². The molecule has 0 bridgehead atoms. The van der Waals surface area contributed by atoms with Gasteiger partial charge in [-0.05, 0) is 55.7 Å². The molecule has 138 valence electrons. The minimum Gasteiger partial charge on any atom is -0.494 e. The zero-order valence-corrected chi connectivity index (χ0v) is 15.7. The van der Waals surface area contributed by atoms with E-state index in [2.05, 4.69) is 10.6 Å². The van der Waals surface area contributed by atoms with Crippen LogP contribution in [-0.4, -0.2) is 24.5 Å². The fourth-order valence-electron chi connectivity index (χ4n) is 2.55. The first-order valence-corrected chi connectivity index (χ1v) is 8.82. The Bertz CT molecular complexity index is 754. The number of rotatable bonds is 7. The Hall–Kier alpha value is -2.82. The Morgan fingerprint density at radius 3 is 2.27 bits per heavy atom. The molecule has 1 atom stereocenters. The summed E-state index contributed by atoms with van der Waals surface area (Å²) in [5.74, 6) is 0.146. The van der Waals surface area contributed by atoms with Gasteiger partial charge in [0, 0.05) is 11.3 Å². The van der Waals surface area contributed by atoms with Crippen molar-refractivity contribution in [1.82, 2.24) is 5.32 Å². The van der Waals surface area contributed by atoms with Crippen molar-refractivity contribution < 1.29 is 14.3 Å². The second-order valence-corrected chi connectivity index (χ2v) is 6.46. The summed E-state index contributed by atoms with van der Waals surface area (Å²) in [5.41, 5.74) is 2.21. The number of benzene rings is 2. The van der Waals surface area contributed by atoms with Crippen LogP contribution in [0.25, 0.3) is 0 Å². The molecule has 0 aliphatic rings. The fourth-order valence-corrected chi connectivity index (χ4v) is 2.55. The van der Waals surface area contributed by atoms with Crippen LogP contribution in [0.1, 0.15) is 36.7 Å². The van der Waals surface area contributed by atoms with Crippen molar-refractivity contribution in [3.63, 3.8) is 0 Å². The van der Waals surface area contributed by atoms with Gasteiger partial charge in [0.05, 0.1) is 6.61 Å². The summed E-state index contributed by atoms with van der Waals surface area (Å²) in [6.07, 6.45) is 0. The maximum Gasteiger partial charge on any atom is 0.251 e. The van der Waals surface area contributed by atoms with Crippen LogP contribution in [-0.2, 0) is 4.79 Å². The Labute approximate surface area is 154 Å². The lowest BCUT2D eigenvalue weighted by Crippen LogP contribution is -2.47. The van der Waals surface area contributed by atoms with Gasteiger partial charge in [-0.25, -0.2) is 0 Å². The van der Waals surface area contributed by atoms with Crippen LogP contribution in [0.2, 0.25) is 0 Å². The van der Waals surface area contributed by atoms with Crippen LogP contribution >= 0.6 is 0 Å². The van der Waals surface area contributed by atoms with E-state index in [1.807, 2.05) is 52.0 Å². The largest absolute Gasteiger partial charge is 0.494 e. The Morgan fingerprint density at radius 1 is 1.04 bits per heavy atom. The van der Waals surface area contributed by atoms with Crippen molar-refractivity contribution in [3.8, 4) is 5.75 Å². The second kappa shape index (κ2) is 9.04. The van der Waals surface area contributed by atoms with Gasteiger partial charge in [0.1, 0.15) is 11.8 Å². The van der Waals surface area contributed by atoms with E-state index in [9.17, 15) is 9.59 Å². The summed E-state index contributed by atoms with van der Waals surface area (Å²) < 4.78 is 5.38. The summed E-state index contributed by atoms with van der Waals surface area (Å²) in [5, 5.41) is 5.73. The van der Waals surface area contributed by atoms with E-state index in [1.165, 1.54) is 0 Å². The normalized spacial score (nSPS) is 11.7. The average Bonchev–Trinajstić information content (AvgIpc) is 2.62. The molecule has 2 rings (SSSR count). The molecule has 0 aliphatic heterocycles. The maximum absolute atomic E-state index is 12.7. The highest BCUT2D eigenvalue weighted by Crippen LogP contribution is 2.16. The number of carbonyl (C=O) groups is 2. The lowest BCUT2D eigenvalue weighted by molar-refractivity contribution is -0.118. The molecule has 0 heterocycles. The minimum atomic E-state index is -0.631. The van der Waals surface area contributed by atoms with Crippen LogP contribution in [0.3, 0.4) is 0 Å². The van der Waals surface area contributed by atoms with Gasteiger partial charge in [-0.2, -0.15) is 0 Å². The van der Waals surface area contributed by atoms with Crippen LogP contribution in [0.5, 0.6) is 5.75 Å². The first-order chi connectivity index (χ1) is 12.4. The number of carbonyl (C=O) groups excluding carboxylic acids is 2. The second-order valence-electron chi connectivity index (χ2n) is 6.46. The molecule has 26 heavy (non-hydrogen) atoms. The van der Waals surface area contributed by atoms with E-state index in [0.717, 1.165) is 11.3 Å². The van der Waals surface area contributed by atoms with Gasteiger partial charge in [0.25, 0.3) is 5.91 Å². The molecule has 1 unspecified atom stereocenters. The van der Waals surface area contributed by atoms with Gasteiger partial charge >= 0.3 is 0 Å². The highest BCUT2D eigenvalue weighted by atomic mass is 16.5. The highest BCUT2D eigenvalue weighted by molar-refractivity contribution is 6.01. The lowest BCUT2D eigenvalue weighted by atomic mass is 10.0. The molecule has 0 spiro atoms. The molecule has 0 saturated heterocycles. The molecule has 5 nitrogen and oxygen atoms in total. The van der Waals surface area contributed by atoms with Gasteiger partial charge in [0.15, 0.2) is 0 Å². The van der Waals surface area contributed by atoms with Crippen molar-refractivity contribution in [3.05, 3.63) is 59.7 Å². The highest BCUT2D eigenvalue weighted by Gasteiger charge is 2.25. The van der Waals surface area contributed by atoms with Gasteiger partial charge in [-0.15, -0.1) is 0 Å². The third-order valence-electron chi connectivity index (χ3n) is 4.07. The van der Waals surface area contributed by atoms with Gasteiger partial charge in [-0.3, -0.25) is 9.59 Å². The zero-order chi connectivity index (χ0) is 19.1. The molecule has 2 aromatic carbocycles. The summed E-state index contributed by atoms with van der Waals surface area (Å²) in [6.45, 7) is 8.21. The predicted molar refractivity (Wildman–Crippen MR) is 104 cm³/mol. The molecule has 0 saturated carbocycles. The average molecular weight is 354 g/mol. The monoisotopic (exact) mass is 354 g/mol. The Kier molecular flexibility index (Phi) is 6.78. The third kappa shape index (κ3) is 5.09. The fraction of sp³-hybridized carbons (Fsp3) is 0.333. The number of anilines is 1. The van der Waals surface area contributed by atoms with E-state index in [0.29, 0.717) is 17.9 Å². The molecule has 2 amide bonds. The molecule has 5 heteroatoms. The van der Waals surface area contributed by atoms with Gasteiger partial charge < -0.3 is 15.4 Å². The van der Waals surface area contributed by atoms with Crippen LogP contribution in [0, 0.1) is 12.8 Å². The van der Waals surface area contributed by atoms with Gasteiger partial charge in [-0.1, -0.05) is 32.0 Å². The number of nitrogens with one attached hydrogen (secondary N) is 2. The maximum atomic E-state index is 12.7. The lowest BCUT2D eigenvalue weighted by Gasteiger charge is -2.22. The standard InChI is InChI=1S/C21H26N2O3/c1-5-26-17-12-10-16(11-13-17)20(24)23-19(14(2)3)21(25)22-18-9-7-6-8-15(18)4/h6-14,19H,5H2,1-4H3,(H,22,25)(H,23,24). The number of para-hydroxylation sites is 1. The Morgan fingerprint density at radius 2 is 1.69 bits per heavy atom. The van der Waals surface area contributed by atoms with E-state index < -0.39 is 6.04 Å². The van der Waals surface area contributed by atoms with Crippen molar-refractivity contribution >= 4 is 17.5 Å². The van der Waals surface area contributed by atoms with E-state index >= 15 is 0 Å². The number of hydrogen-bond donors (Lipinski definition) is 2.